The second kappa shape index (κ2) is 6.40. The molecule has 0 bridgehead atoms. The Balaban J connectivity index is 1.59. The zero-order chi connectivity index (χ0) is 20.3. The molecule has 0 amide bonds. The Labute approximate surface area is 165 Å². The summed E-state index contributed by atoms with van der Waals surface area (Å²) in [5, 5.41) is 0. The van der Waals surface area contributed by atoms with E-state index in [2.05, 4.69) is 4.98 Å². The Morgan fingerprint density at radius 1 is 1.03 bits per heavy atom. The zero-order valence-corrected chi connectivity index (χ0v) is 16.2. The summed E-state index contributed by atoms with van der Waals surface area (Å²) in [4.78, 5) is 16.6. The number of fused-ring (bicyclic) bond motifs is 1. The van der Waals surface area contributed by atoms with Crippen LogP contribution in [-0.2, 0) is 20.6 Å². The Morgan fingerprint density at radius 2 is 1.72 bits per heavy atom. The topological polar surface area (TPSA) is 44.8 Å². The molecule has 1 aliphatic carbocycles. The molecule has 2 aromatic carbocycles. The van der Waals surface area contributed by atoms with Crippen molar-refractivity contribution >= 4 is 11.0 Å². The van der Waals surface area contributed by atoms with E-state index >= 15 is 0 Å². The van der Waals surface area contributed by atoms with E-state index in [1.54, 1.807) is 29.6 Å². The van der Waals surface area contributed by atoms with Gasteiger partial charge in [0.2, 0.25) is 0 Å². The first kappa shape index (κ1) is 17.8. The molecular formula is C22H20F2N4O. The van der Waals surface area contributed by atoms with Crippen molar-refractivity contribution in [2.45, 2.75) is 25.3 Å². The molecule has 5 nitrogen and oxygen atoms in total. The van der Waals surface area contributed by atoms with E-state index in [9.17, 15) is 13.6 Å². The van der Waals surface area contributed by atoms with E-state index in [1.807, 2.05) is 22.8 Å². The minimum Gasteiger partial charge on any atom is -0.329 e. The van der Waals surface area contributed by atoms with Crippen LogP contribution in [0.25, 0.3) is 22.3 Å². The van der Waals surface area contributed by atoms with E-state index in [0.29, 0.717) is 12.2 Å². The van der Waals surface area contributed by atoms with Crippen LogP contribution in [0.5, 0.6) is 0 Å². The largest absolute Gasteiger partial charge is 0.329 e. The molecule has 148 valence electrons. The minimum atomic E-state index is -0.599. The molecule has 4 aromatic rings. The van der Waals surface area contributed by atoms with E-state index in [4.69, 9.17) is 0 Å². The van der Waals surface area contributed by atoms with Gasteiger partial charge in [-0.2, -0.15) is 0 Å². The van der Waals surface area contributed by atoms with Crippen molar-refractivity contribution in [1.82, 2.24) is 18.7 Å². The van der Waals surface area contributed by atoms with Gasteiger partial charge in [0.05, 0.1) is 28.6 Å². The molecule has 7 heteroatoms. The summed E-state index contributed by atoms with van der Waals surface area (Å²) in [6.07, 6.45) is 3.63. The molecule has 0 aliphatic heterocycles. The molecule has 0 N–H and O–H groups in total. The lowest BCUT2D eigenvalue weighted by Crippen LogP contribution is -2.19. The lowest BCUT2D eigenvalue weighted by molar-refractivity contribution is 0.588. The number of imidazole rings is 2. The van der Waals surface area contributed by atoms with Crippen molar-refractivity contribution in [1.29, 1.82) is 0 Å². The van der Waals surface area contributed by atoms with Crippen LogP contribution in [0, 0.1) is 11.6 Å². The molecule has 1 fully saturated rings. The monoisotopic (exact) mass is 394 g/mol. The molecule has 0 spiro atoms. The molecule has 0 atom stereocenters. The van der Waals surface area contributed by atoms with Gasteiger partial charge in [-0.05, 0) is 42.7 Å². The predicted molar refractivity (Wildman–Crippen MR) is 107 cm³/mol. The summed E-state index contributed by atoms with van der Waals surface area (Å²) in [5.41, 5.74) is 3.84. The molecule has 2 aromatic heterocycles. The third-order valence-electron chi connectivity index (χ3n) is 5.73. The highest BCUT2D eigenvalue weighted by atomic mass is 19.1. The molecular weight excluding hydrogens is 374 g/mol. The van der Waals surface area contributed by atoms with Crippen LogP contribution in [0.15, 0.2) is 47.5 Å². The van der Waals surface area contributed by atoms with Crippen LogP contribution in [0.3, 0.4) is 0 Å². The van der Waals surface area contributed by atoms with Gasteiger partial charge < -0.3 is 4.57 Å². The number of aryl methyl sites for hydroxylation is 2. The standard InChI is InChI=1S/C22H20F2N4O/c1-26-17-9-6-13(10-18(17)27(2)22(26)29)11-28-12-25-20(21(28)14-7-8-14)19-15(23)4-3-5-16(19)24/h3-6,9-10,12,14H,7-8,11H2,1-2H3. The lowest BCUT2D eigenvalue weighted by Gasteiger charge is -2.11. The normalized spacial score (nSPS) is 14.1. The van der Waals surface area contributed by atoms with Gasteiger partial charge in [0.15, 0.2) is 0 Å². The third kappa shape index (κ3) is 2.80. The second-order valence-electron chi connectivity index (χ2n) is 7.70. The van der Waals surface area contributed by atoms with Crippen molar-refractivity contribution in [3.63, 3.8) is 0 Å². The molecule has 1 aliphatic rings. The van der Waals surface area contributed by atoms with Crippen molar-refractivity contribution in [3.8, 4) is 11.3 Å². The maximum absolute atomic E-state index is 14.4. The first-order valence-electron chi connectivity index (χ1n) is 9.59. The SMILES string of the molecule is Cn1c(=O)n(C)c2cc(Cn3cnc(-c4c(F)cccc4F)c3C3CC3)ccc21. The highest BCUT2D eigenvalue weighted by molar-refractivity contribution is 5.76. The smallest absolute Gasteiger partial charge is 0.328 e. The molecule has 1 saturated carbocycles. The highest BCUT2D eigenvalue weighted by Crippen LogP contribution is 2.45. The number of nitrogens with zero attached hydrogens (tertiary/aromatic N) is 4. The summed E-state index contributed by atoms with van der Waals surface area (Å²) in [6, 6.07) is 9.77. The summed E-state index contributed by atoms with van der Waals surface area (Å²) in [7, 11) is 3.50. The number of hydrogen-bond acceptors (Lipinski definition) is 2. The van der Waals surface area contributed by atoms with Crippen LogP contribution in [0.1, 0.15) is 30.0 Å². The van der Waals surface area contributed by atoms with Gasteiger partial charge in [-0.15, -0.1) is 0 Å². The van der Waals surface area contributed by atoms with E-state index in [1.165, 1.54) is 18.2 Å². The number of rotatable bonds is 4. The average molecular weight is 394 g/mol. The molecule has 2 heterocycles. The highest BCUT2D eigenvalue weighted by Gasteiger charge is 2.32. The van der Waals surface area contributed by atoms with Gasteiger partial charge in [-0.1, -0.05) is 12.1 Å². The van der Waals surface area contributed by atoms with Crippen molar-refractivity contribution < 1.29 is 8.78 Å². The first-order chi connectivity index (χ1) is 14.0. The van der Waals surface area contributed by atoms with Crippen LogP contribution in [0.2, 0.25) is 0 Å². The zero-order valence-electron chi connectivity index (χ0n) is 16.2. The fourth-order valence-electron chi connectivity index (χ4n) is 4.07. The van der Waals surface area contributed by atoms with Gasteiger partial charge >= 0.3 is 5.69 Å². The Morgan fingerprint density at radius 3 is 2.41 bits per heavy atom. The molecule has 0 unspecified atom stereocenters. The summed E-state index contributed by atoms with van der Waals surface area (Å²) >= 11 is 0. The van der Waals surface area contributed by atoms with Crippen LogP contribution in [-0.4, -0.2) is 18.7 Å². The first-order valence-corrected chi connectivity index (χ1v) is 9.59. The van der Waals surface area contributed by atoms with Crippen LogP contribution < -0.4 is 5.69 Å². The third-order valence-corrected chi connectivity index (χ3v) is 5.73. The van der Waals surface area contributed by atoms with E-state index in [-0.39, 0.29) is 17.2 Å². The molecule has 29 heavy (non-hydrogen) atoms. The fourth-order valence-corrected chi connectivity index (χ4v) is 4.07. The number of halogens is 2. The van der Waals surface area contributed by atoms with E-state index < -0.39 is 11.6 Å². The van der Waals surface area contributed by atoms with Gasteiger partial charge in [0.25, 0.3) is 0 Å². The summed E-state index contributed by atoms with van der Waals surface area (Å²) in [6.45, 7) is 0.522. The van der Waals surface area contributed by atoms with Gasteiger partial charge in [0.1, 0.15) is 11.6 Å². The average Bonchev–Trinajstić information content (AvgIpc) is 3.43. The van der Waals surface area contributed by atoms with Gasteiger partial charge in [-0.3, -0.25) is 9.13 Å². The molecule has 5 rings (SSSR count). The lowest BCUT2D eigenvalue weighted by atomic mass is 10.1. The minimum absolute atomic E-state index is 0.0611. The quantitative estimate of drug-likeness (QED) is 0.526. The van der Waals surface area contributed by atoms with Gasteiger partial charge in [-0.25, -0.2) is 18.6 Å². The summed E-state index contributed by atoms with van der Waals surface area (Å²) in [5.74, 6) is -0.938. The maximum Gasteiger partial charge on any atom is 0.328 e. The van der Waals surface area contributed by atoms with Crippen LogP contribution >= 0.6 is 0 Å². The summed E-state index contributed by atoms with van der Waals surface area (Å²) < 4.78 is 34.0. The number of aromatic nitrogens is 4. The number of hydrogen-bond donors (Lipinski definition) is 0. The Hall–Kier alpha value is -3.22. The second-order valence-corrected chi connectivity index (χ2v) is 7.70. The molecule has 0 saturated heterocycles. The predicted octanol–water partition coefficient (Wildman–Crippen LogP) is 3.94. The Kier molecular flexibility index (Phi) is 3.94. The Bertz CT molecular complexity index is 1290. The van der Waals surface area contributed by atoms with Crippen molar-refractivity contribution in [2.24, 2.45) is 14.1 Å². The molecule has 0 radical (unpaired) electrons. The van der Waals surface area contributed by atoms with Gasteiger partial charge in [0, 0.05) is 32.3 Å². The fraction of sp³-hybridized carbons (Fsp3) is 0.273. The number of benzene rings is 2. The van der Waals surface area contributed by atoms with E-state index in [0.717, 1.165) is 35.1 Å². The van der Waals surface area contributed by atoms with Crippen molar-refractivity contribution in [3.05, 3.63) is 76.1 Å². The van der Waals surface area contributed by atoms with Crippen molar-refractivity contribution in [2.75, 3.05) is 0 Å². The van der Waals surface area contributed by atoms with Crippen LogP contribution in [0.4, 0.5) is 8.78 Å². The maximum atomic E-state index is 14.4.